The van der Waals surface area contributed by atoms with Crippen molar-refractivity contribution in [1.29, 1.82) is 0 Å². The zero-order valence-electron chi connectivity index (χ0n) is 15.8. The summed E-state index contributed by atoms with van der Waals surface area (Å²) in [7, 11) is -2.39. The molecule has 1 spiro atoms. The maximum Gasteiger partial charge on any atom is 0.244 e. The highest BCUT2D eigenvalue weighted by Crippen LogP contribution is 2.46. The average molecular weight is 422 g/mol. The molecule has 150 valence electrons. The standard InChI is InChI=1S/C21H24ClNO4S/c1-26-19-10-9-15(22)13-20(19)28(24,25)23-17-14-21(11-5-2-6-12-21)27-18-8-4-3-7-16(17)18/h3-4,7-10,13,17,23H,2,5-6,11-12,14H2,1H3. The Kier molecular flexibility index (Phi) is 5.29. The van der Waals surface area contributed by atoms with E-state index >= 15 is 0 Å². The van der Waals surface area contributed by atoms with Crippen molar-refractivity contribution in [3.05, 3.63) is 53.1 Å². The molecule has 1 atom stereocenters. The minimum Gasteiger partial charge on any atom is -0.495 e. The van der Waals surface area contributed by atoms with Crippen LogP contribution in [0.4, 0.5) is 0 Å². The van der Waals surface area contributed by atoms with Crippen molar-refractivity contribution in [3.63, 3.8) is 0 Å². The van der Waals surface area contributed by atoms with E-state index in [1.165, 1.54) is 19.6 Å². The molecule has 7 heteroatoms. The lowest BCUT2D eigenvalue weighted by atomic mass is 9.77. The van der Waals surface area contributed by atoms with Gasteiger partial charge < -0.3 is 9.47 Å². The van der Waals surface area contributed by atoms with Gasteiger partial charge in [0.1, 0.15) is 22.0 Å². The lowest BCUT2D eigenvalue weighted by Gasteiger charge is -2.44. The number of rotatable bonds is 4. The first kappa shape index (κ1) is 19.6. The maximum absolute atomic E-state index is 13.2. The van der Waals surface area contributed by atoms with Crippen LogP contribution in [-0.2, 0) is 10.0 Å². The van der Waals surface area contributed by atoms with E-state index in [-0.39, 0.29) is 22.3 Å². The largest absolute Gasteiger partial charge is 0.495 e. The predicted octanol–water partition coefficient (Wildman–Crippen LogP) is 4.85. The number of halogens is 1. The summed E-state index contributed by atoms with van der Waals surface area (Å²) in [5.74, 6) is 1.03. The Morgan fingerprint density at radius 2 is 1.89 bits per heavy atom. The molecule has 2 aliphatic rings. The van der Waals surface area contributed by atoms with Crippen LogP contribution < -0.4 is 14.2 Å². The summed E-state index contributed by atoms with van der Waals surface area (Å²) in [4.78, 5) is 0.0455. The number of hydrogen-bond donors (Lipinski definition) is 1. The van der Waals surface area contributed by atoms with Crippen molar-refractivity contribution in [3.8, 4) is 11.5 Å². The summed E-state index contributed by atoms with van der Waals surface area (Å²) in [6.07, 6.45) is 5.91. The number of ether oxygens (including phenoxy) is 2. The number of fused-ring (bicyclic) bond motifs is 1. The first-order valence-electron chi connectivity index (χ1n) is 9.56. The van der Waals surface area contributed by atoms with Crippen molar-refractivity contribution >= 4 is 21.6 Å². The van der Waals surface area contributed by atoms with Crippen LogP contribution in [0.5, 0.6) is 11.5 Å². The highest BCUT2D eigenvalue weighted by molar-refractivity contribution is 7.89. The molecule has 28 heavy (non-hydrogen) atoms. The topological polar surface area (TPSA) is 64.6 Å². The summed E-state index contributed by atoms with van der Waals surface area (Å²) in [6, 6.07) is 11.9. The third-order valence-corrected chi connectivity index (χ3v) is 7.40. The minimum absolute atomic E-state index is 0.0455. The molecule has 1 N–H and O–H groups in total. The molecule has 5 nitrogen and oxygen atoms in total. The molecule has 4 rings (SSSR count). The summed E-state index contributed by atoms with van der Waals surface area (Å²) in [5, 5.41) is 0.345. The lowest BCUT2D eigenvalue weighted by Crippen LogP contribution is -2.46. The number of hydrogen-bond acceptors (Lipinski definition) is 4. The molecule has 1 fully saturated rings. The Morgan fingerprint density at radius 3 is 2.64 bits per heavy atom. The first-order chi connectivity index (χ1) is 13.4. The molecule has 0 amide bonds. The Balaban J connectivity index is 1.71. The fourth-order valence-electron chi connectivity index (χ4n) is 4.34. The smallest absolute Gasteiger partial charge is 0.244 e. The lowest BCUT2D eigenvalue weighted by molar-refractivity contribution is 0.0000737. The molecule has 0 bridgehead atoms. The van der Waals surface area contributed by atoms with Crippen LogP contribution in [0, 0.1) is 0 Å². The highest BCUT2D eigenvalue weighted by atomic mass is 35.5. The van der Waals surface area contributed by atoms with Gasteiger partial charge in [0.2, 0.25) is 10.0 Å². The molecule has 0 aromatic heterocycles. The summed E-state index contributed by atoms with van der Waals surface area (Å²) < 4.78 is 41.0. The van der Waals surface area contributed by atoms with E-state index in [9.17, 15) is 8.42 Å². The fraction of sp³-hybridized carbons (Fsp3) is 0.429. The highest BCUT2D eigenvalue weighted by Gasteiger charge is 2.43. The molecule has 0 radical (unpaired) electrons. The van der Waals surface area contributed by atoms with Crippen LogP contribution in [0.2, 0.25) is 5.02 Å². The van der Waals surface area contributed by atoms with Crippen molar-refractivity contribution in [1.82, 2.24) is 4.72 Å². The Labute approximate surface area is 171 Å². The summed E-state index contributed by atoms with van der Waals surface area (Å²) in [6.45, 7) is 0. The van der Waals surface area contributed by atoms with Gasteiger partial charge in [-0.15, -0.1) is 0 Å². The number of methoxy groups -OCH3 is 1. The zero-order chi connectivity index (χ0) is 19.8. The van der Waals surface area contributed by atoms with Crippen LogP contribution in [-0.4, -0.2) is 21.1 Å². The number of para-hydroxylation sites is 1. The molecular formula is C21H24ClNO4S. The van der Waals surface area contributed by atoms with Crippen LogP contribution in [0.3, 0.4) is 0 Å². The van der Waals surface area contributed by atoms with Gasteiger partial charge in [-0.1, -0.05) is 36.2 Å². The van der Waals surface area contributed by atoms with Crippen molar-refractivity contribution in [2.24, 2.45) is 0 Å². The summed E-state index contributed by atoms with van der Waals surface area (Å²) in [5.41, 5.74) is 0.557. The average Bonchev–Trinajstić information content (AvgIpc) is 2.68. The van der Waals surface area contributed by atoms with Crippen LogP contribution in [0.1, 0.15) is 50.1 Å². The minimum atomic E-state index is -3.84. The third-order valence-electron chi connectivity index (χ3n) is 5.67. The van der Waals surface area contributed by atoms with Gasteiger partial charge in [-0.3, -0.25) is 0 Å². The van der Waals surface area contributed by atoms with Crippen LogP contribution in [0.15, 0.2) is 47.4 Å². The van der Waals surface area contributed by atoms with E-state index in [0.29, 0.717) is 11.4 Å². The number of nitrogens with one attached hydrogen (secondary N) is 1. The van der Waals surface area contributed by atoms with Gasteiger partial charge >= 0.3 is 0 Å². The van der Waals surface area contributed by atoms with Crippen molar-refractivity contribution in [2.75, 3.05) is 7.11 Å². The molecule has 1 aliphatic heterocycles. The van der Waals surface area contributed by atoms with E-state index in [4.69, 9.17) is 21.1 Å². The van der Waals surface area contributed by atoms with Crippen LogP contribution in [0.25, 0.3) is 0 Å². The Hall–Kier alpha value is -1.76. The van der Waals surface area contributed by atoms with Gasteiger partial charge in [-0.05, 0) is 49.9 Å². The molecule has 1 unspecified atom stereocenters. The zero-order valence-corrected chi connectivity index (χ0v) is 17.4. The molecule has 1 saturated carbocycles. The van der Waals surface area contributed by atoms with Gasteiger partial charge in [-0.25, -0.2) is 13.1 Å². The second-order valence-corrected chi connectivity index (χ2v) is 9.68. The molecule has 0 saturated heterocycles. The number of benzene rings is 2. The summed E-state index contributed by atoms with van der Waals surface area (Å²) >= 11 is 6.05. The maximum atomic E-state index is 13.2. The Bertz CT molecular complexity index is 970. The first-order valence-corrected chi connectivity index (χ1v) is 11.4. The van der Waals surface area contributed by atoms with Crippen molar-refractivity contribution in [2.45, 2.75) is 55.1 Å². The van der Waals surface area contributed by atoms with E-state index in [1.54, 1.807) is 12.1 Å². The van der Waals surface area contributed by atoms with E-state index < -0.39 is 10.0 Å². The predicted molar refractivity (Wildman–Crippen MR) is 109 cm³/mol. The molecule has 2 aromatic carbocycles. The van der Waals surface area contributed by atoms with Gasteiger partial charge in [0, 0.05) is 17.0 Å². The monoisotopic (exact) mass is 421 g/mol. The molecule has 1 aliphatic carbocycles. The van der Waals surface area contributed by atoms with Gasteiger partial charge in [0.05, 0.1) is 13.2 Å². The molecular weight excluding hydrogens is 398 g/mol. The van der Waals surface area contributed by atoms with E-state index in [0.717, 1.165) is 37.0 Å². The van der Waals surface area contributed by atoms with E-state index in [2.05, 4.69) is 4.72 Å². The van der Waals surface area contributed by atoms with Gasteiger partial charge in [0.25, 0.3) is 0 Å². The molecule has 1 heterocycles. The van der Waals surface area contributed by atoms with E-state index in [1.807, 2.05) is 24.3 Å². The second-order valence-electron chi connectivity index (χ2n) is 7.56. The molecule has 2 aromatic rings. The fourth-order valence-corrected chi connectivity index (χ4v) is 5.98. The quantitative estimate of drug-likeness (QED) is 0.766. The normalized spacial score (nSPS) is 21.0. The van der Waals surface area contributed by atoms with Crippen molar-refractivity contribution < 1.29 is 17.9 Å². The van der Waals surface area contributed by atoms with Gasteiger partial charge in [-0.2, -0.15) is 0 Å². The number of sulfonamides is 1. The SMILES string of the molecule is COc1ccc(Cl)cc1S(=O)(=O)NC1CC2(CCCCC2)Oc2ccccc21. The third kappa shape index (κ3) is 3.73. The van der Waals surface area contributed by atoms with Crippen LogP contribution >= 0.6 is 11.6 Å². The Morgan fingerprint density at radius 1 is 1.14 bits per heavy atom. The second kappa shape index (κ2) is 7.58. The van der Waals surface area contributed by atoms with Gasteiger partial charge in [0.15, 0.2) is 0 Å².